The Morgan fingerprint density at radius 1 is 1.35 bits per heavy atom. The molecule has 2 unspecified atom stereocenters. The van der Waals surface area contributed by atoms with Gasteiger partial charge >= 0.3 is 0 Å². The van der Waals surface area contributed by atoms with E-state index in [9.17, 15) is 0 Å². The van der Waals surface area contributed by atoms with E-state index in [1.165, 1.54) is 51.5 Å². The second-order valence-electron chi connectivity index (χ2n) is 5.32. The molecule has 1 aliphatic rings. The van der Waals surface area contributed by atoms with Crippen LogP contribution in [0, 0.1) is 5.92 Å². The molecule has 0 radical (unpaired) electrons. The van der Waals surface area contributed by atoms with Gasteiger partial charge in [0.1, 0.15) is 0 Å². The van der Waals surface area contributed by atoms with Crippen LogP contribution in [-0.2, 0) is 6.42 Å². The molecule has 1 aromatic heterocycles. The van der Waals surface area contributed by atoms with E-state index in [0.717, 1.165) is 12.0 Å². The highest BCUT2D eigenvalue weighted by Gasteiger charge is 2.20. The normalized spacial score (nSPS) is 25.7. The van der Waals surface area contributed by atoms with Crippen LogP contribution < -0.4 is 5.32 Å². The molecule has 1 saturated carbocycles. The molecule has 1 nitrogen and oxygen atoms in total. The lowest BCUT2D eigenvalue weighted by atomic mass is 9.94. The average Bonchev–Trinajstić information content (AvgIpc) is 2.73. The molecule has 0 saturated heterocycles. The van der Waals surface area contributed by atoms with Gasteiger partial charge in [-0.2, -0.15) is 0 Å². The number of nitrogens with one attached hydrogen (secondary N) is 1. The fourth-order valence-corrected chi connectivity index (χ4v) is 3.72. The minimum atomic E-state index is 0.780. The fourth-order valence-electron chi connectivity index (χ4n) is 2.89. The third-order valence-electron chi connectivity index (χ3n) is 3.79. The van der Waals surface area contributed by atoms with Crippen LogP contribution in [0.5, 0.6) is 0 Å². The molecule has 0 amide bonds. The maximum absolute atomic E-state index is 3.72. The van der Waals surface area contributed by atoms with Gasteiger partial charge in [0.15, 0.2) is 0 Å². The lowest BCUT2D eigenvalue weighted by Crippen LogP contribution is -2.31. The second-order valence-corrected chi connectivity index (χ2v) is 6.35. The predicted molar refractivity (Wildman–Crippen MR) is 76.7 cm³/mol. The second kappa shape index (κ2) is 7.17. The Morgan fingerprint density at radius 2 is 2.24 bits per heavy atom. The van der Waals surface area contributed by atoms with E-state index in [0.29, 0.717) is 0 Å². The molecule has 1 aromatic rings. The summed E-state index contributed by atoms with van der Waals surface area (Å²) in [7, 11) is 0. The first-order valence-corrected chi connectivity index (χ1v) is 8.02. The van der Waals surface area contributed by atoms with Crippen molar-refractivity contribution in [1.82, 2.24) is 5.32 Å². The Kier molecular flexibility index (Phi) is 5.53. The highest BCUT2D eigenvalue weighted by Crippen LogP contribution is 2.27. The van der Waals surface area contributed by atoms with Gasteiger partial charge in [0.2, 0.25) is 0 Å². The maximum atomic E-state index is 3.72. The molecular weight excluding hydrogens is 226 g/mol. The van der Waals surface area contributed by atoms with Gasteiger partial charge in [0.25, 0.3) is 0 Å². The molecule has 0 aliphatic heterocycles. The van der Waals surface area contributed by atoms with Crippen molar-refractivity contribution in [3.63, 3.8) is 0 Å². The van der Waals surface area contributed by atoms with Crippen molar-refractivity contribution in [3.05, 3.63) is 22.4 Å². The van der Waals surface area contributed by atoms with E-state index >= 15 is 0 Å². The van der Waals surface area contributed by atoms with Gasteiger partial charge in [0, 0.05) is 10.9 Å². The number of hydrogen-bond acceptors (Lipinski definition) is 2. The van der Waals surface area contributed by atoms with Gasteiger partial charge in [0.05, 0.1) is 0 Å². The van der Waals surface area contributed by atoms with Gasteiger partial charge in [-0.15, -0.1) is 11.3 Å². The molecule has 1 fully saturated rings. The number of rotatable bonds is 5. The van der Waals surface area contributed by atoms with Crippen molar-refractivity contribution in [3.8, 4) is 0 Å². The zero-order valence-corrected chi connectivity index (χ0v) is 11.8. The number of thiophene rings is 1. The van der Waals surface area contributed by atoms with Gasteiger partial charge < -0.3 is 5.32 Å². The van der Waals surface area contributed by atoms with Crippen LogP contribution >= 0.6 is 11.3 Å². The average molecular weight is 251 g/mol. The zero-order valence-electron chi connectivity index (χ0n) is 11.0. The Morgan fingerprint density at radius 3 is 3.00 bits per heavy atom. The van der Waals surface area contributed by atoms with E-state index in [1.807, 2.05) is 11.3 Å². The first kappa shape index (κ1) is 13.1. The van der Waals surface area contributed by atoms with E-state index in [1.54, 1.807) is 4.88 Å². The molecule has 0 bridgehead atoms. The van der Waals surface area contributed by atoms with E-state index in [2.05, 4.69) is 29.8 Å². The van der Waals surface area contributed by atoms with Gasteiger partial charge in [-0.3, -0.25) is 0 Å². The topological polar surface area (TPSA) is 12.0 Å². The van der Waals surface area contributed by atoms with Gasteiger partial charge in [-0.25, -0.2) is 0 Å². The Hall–Kier alpha value is -0.340. The lowest BCUT2D eigenvalue weighted by molar-refractivity contribution is 0.386. The molecule has 2 rings (SSSR count). The lowest BCUT2D eigenvalue weighted by Gasteiger charge is -2.20. The molecule has 2 atom stereocenters. The molecule has 0 spiro atoms. The summed E-state index contributed by atoms with van der Waals surface area (Å²) >= 11 is 1.92. The minimum Gasteiger partial charge on any atom is -0.314 e. The number of hydrogen-bond donors (Lipinski definition) is 1. The van der Waals surface area contributed by atoms with Crippen LogP contribution in [0.4, 0.5) is 0 Å². The largest absolute Gasteiger partial charge is 0.314 e. The molecule has 1 heterocycles. The Bertz CT molecular complexity index is 294. The molecule has 1 N–H and O–H groups in total. The first-order chi connectivity index (χ1) is 8.38. The summed E-state index contributed by atoms with van der Waals surface area (Å²) in [5.41, 5.74) is 0. The van der Waals surface area contributed by atoms with Crippen molar-refractivity contribution < 1.29 is 0 Å². The van der Waals surface area contributed by atoms with E-state index in [-0.39, 0.29) is 0 Å². The fraction of sp³-hybridized carbons (Fsp3) is 0.733. The highest BCUT2D eigenvalue weighted by atomic mass is 32.1. The summed E-state index contributed by atoms with van der Waals surface area (Å²) < 4.78 is 0. The van der Waals surface area contributed by atoms with Gasteiger partial charge in [-0.05, 0) is 49.6 Å². The summed E-state index contributed by atoms with van der Waals surface area (Å²) in [5, 5.41) is 5.93. The first-order valence-electron chi connectivity index (χ1n) is 7.14. The quantitative estimate of drug-likeness (QED) is 0.772. The van der Waals surface area contributed by atoms with Crippen LogP contribution in [0.3, 0.4) is 0 Å². The molecule has 96 valence electrons. The third-order valence-corrected chi connectivity index (χ3v) is 4.68. The highest BCUT2D eigenvalue weighted by molar-refractivity contribution is 7.09. The molecule has 1 aliphatic carbocycles. The van der Waals surface area contributed by atoms with Crippen molar-refractivity contribution >= 4 is 11.3 Å². The van der Waals surface area contributed by atoms with Crippen molar-refractivity contribution in [2.75, 3.05) is 6.54 Å². The van der Waals surface area contributed by atoms with E-state index < -0.39 is 0 Å². The SMILES string of the molecule is CCCNC1CCCCC(Cc2cccs2)C1. The smallest absolute Gasteiger partial charge is 0.00698 e. The minimum absolute atomic E-state index is 0.780. The van der Waals surface area contributed by atoms with Crippen molar-refractivity contribution in [1.29, 1.82) is 0 Å². The predicted octanol–water partition coefficient (Wildman–Crippen LogP) is 4.24. The Balaban J connectivity index is 1.83. The molecular formula is C15H25NS. The van der Waals surface area contributed by atoms with Crippen LogP contribution in [0.2, 0.25) is 0 Å². The van der Waals surface area contributed by atoms with Crippen LogP contribution in [0.25, 0.3) is 0 Å². The standard InChI is InChI=1S/C15H25NS/c1-2-9-16-14-7-4-3-6-13(11-14)12-15-8-5-10-17-15/h5,8,10,13-14,16H,2-4,6-7,9,11-12H2,1H3. The summed E-state index contributed by atoms with van der Waals surface area (Å²) in [4.78, 5) is 1.58. The molecule has 17 heavy (non-hydrogen) atoms. The van der Waals surface area contributed by atoms with Crippen LogP contribution in [-0.4, -0.2) is 12.6 Å². The summed E-state index contributed by atoms with van der Waals surface area (Å²) in [5.74, 6) is 0.908. The summed E-state index contributed by atoms with van der Waals surface area (Å²) in [6.45, 7) is 3.45. The monoisotopic (exact) mass is 251 g/mol. The van der Waals surface area contributed by atoms with Crippen LogP contribution in [0.1, 0.15) is 50.3 Å². The van der Waals surface area contributed by atoms with E-state index in [4.69, 9.17) is 0 Å². The third kappa shape index (κ3) is 4.44. The summed E-state index contributed by atoms with van der Waals surface area (Å²) in [6, 6.07) is 5.26. The Labute approximate surface area is 110 Å². The zero-order chi connectivity index (χ0) is 11.9. The van der Waals surface area contributed by atoms with Crippen LogP contribution in [0.15, 0.2) is 17.5 Å². The van der Waals surface area contributed by atoms with Gasteiger partial charge in [-0.1, -0.05) is 32.3 Å². The molecule has 2 heteroatoms. The maximum Gasteiger partial charge on any atom is 0.00698 e. The van der Waals surface area contributed by atoms with Crippen molar-refractivity contribution in [2.24, 2.45) is 5.92 Å². The molecule has 0 aromatic carbocycles. The van der Waals surface area contributed by atoms with Crippen molar-refractivity contribution in [2.45, 2.75) is 57.9 Å². The summed E-state index contributed by atoms with van der Waals surface area (Å²) in [6.07, 6.45) is 9.62.